The van der Waals surface area contributed by atoms with Crippen molar-refractivity contribution in [3.8, 4) is 0 Å². The molecule has 6 heteroatoms. The Kier molecular flexibility index (Phi) is 6.51. The first kappa shape index (κ1) is 17.7. The predicted molar refractivity (Wildman–Crippen MR) is 95.2 cm³/mol. The van der Waals surface area contributed by atoms with Crippen LogP contribution in [0.5, 0.6) is 0 Å². The summed E-state index contributed by atoms with van der Waals surface area (Å²) in [6, 6.07) is 16.3. The summed E-state index contributed by atoms with van der Waals surface area (Å²) in [5.74, 6) is -0.754. The summed E-state index contributed by atoms with van der Waals surface area (Å²) in [6.45, 7) is 1.67. The molecule has 0 saturated carbocycles. The van der Waals surface area contributed by atoms with Crippen molar-refractivity contribution in [2.24, 2.45) is 5.10 Å². The minimum Gasteiger partial charge on any atom is -0.343 e. The molecule has 0 heterocycles. The van der Waals surface area contributed by atoms with Gasteiger partial charge in [-0.2, -0.15) is 5.10 Å². The smallest absolute Gasteiger partial charge is 0.259 e. The van der Waals surface area contributed by atoms with Gasteiger partial charge in [-0.05, 0) is 30.7 Å². The van der Waals surface area contributed by atoms with E-state index in [9.17, 15) is 9.59 Å². The van der Waals surface area contributed by atoms with Crippen LogP contribution in [0.25, 0.3) is 0 Å². The summed E-state index contributed by atoms with van der Waals surface area (Å²) in [4.78, 5) is 23.6. The molecule has 2 N–H and O–H groups in total. The molecule has 2 aromatic rings. The highest BCUT2D eigenvalue weighted by molar-refractivity contribution is 6.30. The Labute approximate surface area is 145 Å². The lowest BCUT2D eigenvalue weighted by molar-refractivity contribution is -0.120. The lowest BCUT2D eigenvalue weighted by atomic mass is 10.1. The van der Waals surface area contributed by atoms with E-state index in [-0.39, 0.29) is 12.5 Å². The van der Waals surface area contributed by atoms with Gasteiger partial charge in [-0.25, -0.2) is 5.43 Å². The van der Waals surface area contributed by atoms with Gasteiger partial charge < -0.3 is 5.32 Å². The van der Waals surface area contributed by atoms with Gasteiger partial charge in [0.15, 0.2) is 0 Å². The molecule has 2 aromatic carbocycles. The Morgan fingerprint density at radius 3 is 2.54 bits per heavy atom. The molecule has 0 aliphatic rings. The van der Waals surface area contributed by atoms with E-state index >= 15 is 0 Å². The number of nitrogens with one attached hydrogen (secondary N) is 2. The first-order chi connectivity index (χ1) is 11.5. The summed E-state index contributed by atoms with van der Waals surface area (Å²) in [7, 11) is 0. The summed E-state index contributed by atoms with van der Waals surface area (Å²) < 4.78 is 0. The van der Waals surface area contributed by atoms with E-state index in [0.717, 1.165) is 11.3 Å². The first-order valence-electron chi connectivity index (χ1n) is 7.44. The third kappa shape index (κ3) is 5.85. The molecule has 2 amide bonds. The number of halogens is 1. The second-order valence-electron chi connectivity index (χ2n) is 5.24. The fourth-order valence-corrected chi connectivity index (χ4v) is 2.21. The number of hydrazone groups is 1. The highest BCUT2D eigenvalue weighted by Gasteiger charge is 2.08. The van der Waals surface area contributed by atoms with Crippen LogP contribution in [0.1, 0.15) is 22.8 Å². The molecule has 2 rings (SSSR count). The Balaban J connectivity index is 1.78. The van der Waals surface area contributed by atoms with Gasteiger partial charge in [-0.1, -0.05) is 48.0 Å². The topological polar surface area (TPSA) is 70.6 Å². The Bertz CT molecular complexity index is 745. The van der Waals surface area contributed by atoms with Crippen LogP contribution < -0.4 is 10.7 Å². The van der Waals surface area contributed by atoms with Crippen LogP contribution in [0.3, 0.4) is 0 Å². The van der Waals surface area contributed by atoms with Gasteiger partial charge in [0.05, 0.1) is 6.54 Å². The normalized spacial score (nSPS) is 11.0. The van der Waals surface area contributed by atoms with Crippen LogP contribution in [0.15, 0.2) is 59.7 Å². The van der Waals surface area contributed by atoms with Crippen molar-refractivity contribution in [1.82, 2.24) is 10.7 Å². The number of amides is 2. The van der Waals surface area contributed by atoms with Gasteiger partial charge in [0.25, 0.3) is 11.8 Å². The van der Waals surface area contributed by atoms with Crippen LogP contribution in [-0.2, 0) is 11.2 Å². The number of hydrogen-bond acceptors (Lipinski definition) is 3. The third-order valence-electron chi connectivity index (χ3n) is 3.17. The minimum atomic E-state index is -0.391. The van der Waals surface area contributed by atoms with Gasteiger partial charge in [-0.15, -0.1) is 0 Å². The van der Waals surface area contributed by atoms with Crippen LogP contribution in [0.2, 0.25) is 5.02 Å². The van der Waals surface area contributed by atoms with Crippen molar-refractivity contribution >= 4 is 29.1 Å². The van der Waals surface area contributed by atoms with E-state index in [0.29, 0.717) is 17.0 Å². The number of nitrogens with zero attached hydrogens (tertiary/aromatic N) is 1. The molecular formula is C18H18ClN3O2. The maximum absolute atomic E-state index is 11.9. The molecule has 5 nitrogen and oxygen atoms in total. The fraction of sp³-hybridized carbons (Fsp3) is 0.167. The second kappa shape index (κ2) is 8.84. The SMILES string of the molecule is CC(Cc1ccccc1)=NNC(=O)CNC(=O)c1cccc(Cl)c1. The molecule has 0 aliphatic carbocycles. The van der Waals surface area contributed by atoms with Crippen molar-refractivity contribution in [3.63, 3.8) is 0 Å². The van der Waals surface area contributed by atoms with Gasteiger partial charge >= 0.3 is 0 Å². The van der Waals surface area contributed by atoms with E-state index in [4.69, 9.17) is 11.6 Å². The number of hydrogen-bond donors (Lipinski definition) is 2. The molecule has 0 atom stereocenters. The fourth-order valence-electron chi connectivity index (χ4n) is 2.02. The van der Waals surface area contributed by atoms with Crippen molar-refractivity contribution < 1.29 is 9.59 Å². The minimum absolute atomic E-state index is 0.159. The zero-order chi connectivity index (χ0) is 17.4. The average Bonchev–Trinajstić information content (AvgIpc) is 2.58. The Morgan fingerprint density at radius 2 is 1.83 bits per heavy atom. The van der Waals surface area contributed by atoms with E-state index in [2.05, 4.69) is 15.8 Å². The van der Waals surface area contributed by atoms with Crippen LogP contribution in [0.4, 0.5) is 0 Å². The van der Waals surface area contributed by atoms with E-state index < -0.39 is 5.91 Å². The molecule has 0 bridgehead atoms. The monoisotopic (exact) mass is 343 g/mol. The lowest BCUT2D eigenvalue weighted by Crippen LogP contribution is -2.35. The highest BCUT2D eigenvalue weighted by atomic mass is 35.5. The van der Waals surface area contributed by atoms with E-state index in [1.165, 1.54) is 6.07 Å². The molecule has 0 fully saturated rings. The van der Waals surface area contributed by atoms with Gasteiger partial charge in [-0.3, -0.25) is 9.59 Å². The maximum atomic E-state index is 11.9. The van der Waals surface area contributed by atoms with Crippen LogP contribution in [-0.4, -0.2) is 24.1 Å². The van der Waals surface area contributed by atoms with Gasteiger partial charge in [0.2, 0.25) is 0 Å². The molecule has 0 saturated heterocycles. The molecular weight excluding hydrogens is 326 g/mol. The lowest BCUT2D eigenvalue weighted by Gasteiger charge is -2.06. The molecule has 0 radical (unpaired) electrons. The van der Waals surface area contributed by atoms with Crippen LogP contribution in [0, 0.1) is 0 Å². The van der Waals surface area contributed by atoms with Crippen molar-refractivity contribution in [2.75, 3.05) is 6.54 Å². The maximum Gasteiger partial charge on any atom is 0.259 e. The zero-order valence-corrected chi connectivity index (χ0v) is 14.0. The van der Waals surface area contributed by atoms with Crippen molar-refractivity contribution in [2.45, 2.75) is 13.3 Å². The van der Waals surface area contributed by atoms with Crippen LogP contribution >= 0.6 is 11.6 Å². The van der Waals surface area contributed by atoms with Gasteiger partial charge in [0, 0.05) is 22.7 Å². The summed E-state index contributed by atoms with van der Waals surface area (Å²) >= 11 is 5.83. The first-order valence-corrected chi connectivity index (χ1v) is 7.82. The highest BCUT2D eigenvalue weighted by Crippen LogP contribution is 2.10. The Morgan fingerprint density at radius 1 is 1.08 bits per heavy atom. The molecule has 0 spiro atoms. The second-order valence-corrected chi connectivity index (χ2v) is 5.67. The van der Waals surface area contributed by atoms with E-state index in [1.807, 2.05) is 37.3 Å². The summed E-state index contributed by atoms with van der Waals surface area (Å²) in [5, 5.41) is 7.02. The molecule has 0 aromatic heterocycles. The average molecular weight is 344 g/mol. The largest absolute Gasteiger partial charge is 0.343 e. The quantitative estimate of drug-likeness (QED) is 0.625. The predicted octanol–water partition coefficient (Wildman–Crippen LogP) is 2.80. The molecule has 0 aliphatic heterocycles. The summed E-state index contributed by atoms with van der Waals surface area (Å²) in [5.41, 5.74) is 4.72. The number of carbonyl (C=O) groups excluding carboxylic acids is 2. The van der Waals surface area contributed by atoms with Gasteiger partial charge in [0.1, 0.15) is 0 Å². The van der Waals surface area contributed by atoms with Crippen molar-refractivity contribution in [3.05, 3.63) is 70.7 Å². The standard InChI is InChI=1S/C18H18ClN3O2/c1-13(10-14-6-3-2-4-7-14)21-22-17(23)12-20-18(24)15-8-5-9-16(19)11-15/h2-9,11H,10,12H2,1H3,(H,20,24)(H,22,23). The Hall–Kier alpha value is -2.66. The number of carbonyl (C=O) groups is 2. The van der Waals surface area contributed by atoms with E-state index in [1.54, 1.807) is 18.2 Å². The third-order valence-corrected chi connectivity index (χ3v) is 3.41. The number of rotatable bonds is 6. The molecule has 24 heavy (non-hydrogen) atoms. The summed E-state index contributed by atoms with van der Waals surface area (Å²) in [6.07, 6.45) is 0.649. The number of benzene rings is 2. The van der Waals surface area contributed by atoms with Crippen molar-refractivity contribution in [1.29, 1.82) is 0 Å². The zero-order valence-electron chi connectivity index (χ0n) is 13.3. The molecule has 0 unspecified atom stereocenters. The molecule has 124 valence electrons.